The molecule has 0 aliphatic carbocycles. The molecule has 2 aromatic rings. The van der Waals surface area contributed by atoms with Gasteiger partial charge in [-0.15, -0.1) is 0 Å². The summed E-state index contributed by atoms with van der Waals surface area (Å²) in [5.41, 5.74) is 6.20. The first-order valence-corrected chi connectivity index (χ1v) is 8.95. The maximum Gasteiger partial charge on any atom is 0.471 e. The summed E-state index contributed by atoms with van der Waals surface area (Å²) < 4.78 is 45.0. The molecule has 0 spiro atoms. The van der Waals surface area contributed by atoms with Gasteiger partial charge in [-0.3, -0.25) is 9.59 Å². The largest absolute Gasteiger partial charge is 0.481 e. The quantitative estimate of drug-likeness (QED) is 0.767. The number of rotatable bonds is 5. The Bertz CT molecular complexity index is 909. The van der Waals surface area contributed by atoms with Crippen LogP contribution in [0.4, 0.5) is 18.9 Å². The van der Waals surface area contributed by atoms with E-state index in [0.717, 1.165) is 0 Å². The minimum absolute atomic E-state index is 0.370. The van der Waals surface area contributed by atoms with E-state index in [1.165, 1.54) is 0 Å². The SMILES string of the molecule is NC(=O)CN(CC1Nc2cc(Cl)ccc2OC1c1ccccc1)C(=O)C(F)(F)F. The van der Waals surface area contributed by atoms with Crippen LogP contribution in [0.15, 0.2) is 48.5 Å². The Morgan fingerprint density at radius 2 is 1.86 bits per heavy atom. The maximum absolute atomic E-state index is 13.0. The third-order valence-electron chi connectivity index (χ3n) is 4.32. The lowest BCUT2D eigenvalue weighted by atomic mass is 9.99. The Balaban J connectivity index is 1.95. The van der Waals surface area contributed by atoms with Gasteiger partial charge in [0, 0.05) is 11.6 Å². The molecule has 2 unspecified atom stereocenters. The summed E-state index contributed by atoms with van der Waals surface area (Å²) in [7, 11) is 0. The van der Waals surface area contributed by atoms with Crippen LogP contribution in [-0.2, 0) is 9.59 Å². The molecule has 29 heavy (non-hydrogen) atoms. The van der Waals surface area contributed by atoms with Gasteiger partial charge in [-0.2, -0.15) is 13.2 Å². The molecule has 1 aliphatic heterocycles. The number of carbonyl (C=O) groups excluding carboxylic acids is 2. The van der Waals surface area contributed by atoms with E-state index in [1.807, 2.05) is 0 Å². The summed E-state index contributed by atoms with van der Waals surface area (Å²) in [6, 6.07) is 12.8. The van der Waals surface area contributed by atoms with Gasteiger partial charge in [0.1, 0.15) is 11.9 Å². The molecular weight excluding hydrogens is 411 g/mol. The second kappa shape index (κ2) is 8.20. The molecule has 6 nitrogen and oxygen atoms in total. The molecule has 2 amide bonds. The lowest BCUT2D eigenvalue weighted by molar-refractivity contribution is -0.186. The molecule has 3 rings (SSSR count). The lowest BCUT2D eigenvalue weighted by Crippen LogP contribution is -2.52. The molecule has 0 aromatic heterocycles. The summed E-state index contributed by atoms with van der Waals surface area (Å²) >= 11 is 5.99. The molecule has 0 bridgehead atoms. The molecule has 1 aliphatic rings. The molecule has 0 fully saturated rings. The summed E-state index contributed by atoms with van der Waals surface area (Å²) in [5, 5.41) is 3.47. The van der Waals surface area contributed by atoms with Crippen molar-refractivity contribution in [1.82, 2.24) is 4.90 Å². The van der Waals surface area contributed by atoms with E-state index in [2.05, 4.69) is 5.32 Å². The zero-order chi connectivity index (χ0) is 21.2. The van der Waals surface area contributed by atoms with Gasteiger partial charge in [0.05, 0.1) is 18.3 Å². The van der Waals surface area contributed by atoms with Crippen molar-refractivity contribution >= 4 is 29.1 Å². The minimum Gasteiger partial charge on any atom is -0.481 e. The zero-order valence-electron chi connectivity index (χ0n) is 14.9. The van der Waals surface area contributed by atoms with E-state index in [9.17, 15) is 22.8 Å². The Hall–Kier alpha value is -2.94. The second-order valence-electron chi connectivity index (χ2n) is 6.49. The Morgan fingerprint density at radius 3 is 2.48 bits per heavy atom. The number of nitrogens with one attached hydrogen (secondary N) is 1. The molecule has 2 atom stereocenters. The fourth-order valence-electron chi connectivity index (χ4n) is 3.12. The van der Waals surface area contributed by atoms with Crippen LogP contribution in [0.5, 0.6) is 5.75 Å². The van der Waals surface area contributed by atoms with Crippen molar-refractivity contribution in [1.29, 1.82) is 0 Å². The molecule has 10 heteroatoms. The maximum atomic E-state index is 13.0. The first-order valence-electron chi connectivity index (χ1n) is 8.57. The molecule has 3 N–H and O–H groups in total. The number of hydrogen-bond donors (Lipinski definition) is 2. The number of nitrogens with zero attached hydrogens (tertiary/aromatic N) is 1. The van der Waals surface area contributed by atoms with E-state index >= 15 is 0 Å². The Labute approximate surface area is 169 Å². The van der Waals surface area contributed by atoms with Crippen LogP contribution in [0.3, 0.4) is 0 Å². The fourth-order valence-corrected chi connectivity index (χ4v) is 3.29. The van der Waals surface area contributed by atoms with Crippen LogP contribution in [0.2, 0.25) is 5.02 Å². The summed E-state index contributed by atoms with van der Waals surface area (Å²) in [4.78, 5) is 23.5. The van der Waals surface area contributed by atoms with Crippen molar-refractivity contribution in [2.24, 2.45) is 5.73 Å². The van der Waals surface area contributed by atoms with Crippen LogP contribution in [0, 0.1) is 0 Å². The van der Waals surface area contributed by atoms with Crippen molar-refractivity contribution in [3.8, 4) is 5.75 Å². The van der Waals surface area contributed by atoms with E-state index in [4.69, 9.17) is 22.1 Å². The number of primary amides is 1. The third-order valence-corrected chi connectivity index (χ3v) is 4.56. The van der Waals surface area contributed by atoms with E-state index in [0.29, 0.717) is 26.9 Å². The number of fused-ring (bicyclic) bond motifs is 1. The van der Waals surface area contributed by atoms with Crippen molar-refractivity contribution in [2.75, 3.05) is 18.4 Å². The molecule has 0 radical (unpaired) electrons. The van der Waals surface area contributed by atoms with Crippen molar-refractivity contribution in [3.05, 3.63) is 59.1 Å². The second-order valence-corrected chi connectivity index (χ2v) is 6.93. The number of benzene rings is 2. The van der Waals surface area contributed by atoms with E-state index in [-0.39, 0.29) is 0 Å². The van der Waals surface area contributed by atoms with Crippen molar-refractivity contribution in [2.45, 2.75) is 18.3 Å². The number of carbonyl (C=O) groups is 2. The standard InChI is InChI=1S/C19H17ClF3N3O3/c20-12-6-7-15-13(8-12)25-14(17(29-15)11-4-2-1-3-5-11)9-26(10-16(24)27)18(28)19(21,22)23/h1-8,14,17,25H,9-10H2,(H2,24,27). The fraction of sp³-hybridized carbons (Fsp3) is 0.263. The van der Waals surface area contributed by atoms with Gasteiger partial charge in [-0.25, -0.2) is 0 Å². The van der Waals surface area contributed by atoms with Crippen molar-refractivity contribution < 1.29 is 27.5 Å². The average molecular weight is 428 g/mol. The molecular formula is C19H17ClF3N3O3. The number of ether oxygens (including phenoxy) is 1. The first-order chi connectivity index (χ1) is 13.6. The Kier molecular flexibility index (Phi) is 5.88. The monoisotopic (exact) mass is 427 g/mol. The van der Waals surface area contributed by atoms with Crippen molar-refractivity contribution in [3.63, 3.8) is 0 Å². The highest BCUT2D eigenvalue weighted by Crippen LogP contribution is 2.39. The highest BCUT2D eigenvalue weighted by atomic mass is 35.5. The van der Waals surface area contributed by atoms with Gasteiger partial charge in [0.25, 0.3) is 0 Å². The van der Waals surface area contributed by atoms with Gasteiger partial charge in [0.15, 0.2) is 0 Å². The van der Waals surface area contributed by atoms with Gasteiger partial charge >= 0.3 is 12.1 Å². The number of anilines is 1. The van der Waals surface area contributed by atoms with Crippen LogP contribution < -0.4 is 15.8 Å². The summed E-state index contributed by atoms with van der Waals surface area (Å²) in [5.74, 6) is -2.75. The van der Waals surface area contributed by atoms with E-state index < -0.39 is 43.2 Å². The molecule has 0 saturated carbocycles. The predicted octanol–water partition coefficient (Wildman–Crippen LogP) is 3.13. The number of amides is 2. The van der Waals surface area contributed by atoms with Gasteiger partial charge in [-0.1, -0.05) is 41.9 Å². The molecule has 2 aromatic carbocycles. The molecule has 0 saturated heterocycles. The van der Waals surface area contributed by atoms with Gasteiger partial charge < -0.3 is 20.7 Å². The van der Waals surface area contributed by atoms with Gasteiger partial charge in [-0.05, 0) is 23.8 Å². The van der Waals surface area contributed by atoms with Crippen LogP contribution in [-0.4, -0.2) is 42.0 Å². The first kappa shape index (κ1) is 20.8. The van der Waals surface area contributed by atoms with Gasteiger partial charge in [0.2, 0.25) is 5.91 Å². The molecule has 1 heterocycles. The number of hydrogen-bond acceptors (Lipinski definition) is 4. The van der Waals surface area contributed by atoms with Crippen LogP contribution in [0.1, 0.15) is 11.7 Å². The number of nitrogens with two attached hydrogens (primary N) is 1. The topological polar surface area (TPSA) is 84.7 Å². The zero-order valence-corrected chi connectivity index (χ0v) is 15.7. The molecule has 154 valence electrons. The number of halogens is 4. The number of alkyl halides is 3. The highest BCUT2D eigenvalue weighted by Gasteiger charge is 2.44. The smallest absolute Gasteiger partial charge is 0.471 e. The normalized spacial score (nSPS) is 18.2. The minimum atomic E-state index is -5.14. The summed E-state index contributed by atoms with van der Waals surface area (Å²) in [6.07, 6.45) is -5.87. The van der Waals surface area contributed by atoms with Crippen LogP contribution >= 0.6 is 11.6 Å². The van der Waals surface area contributed by atoms with E-state index in [1.54, 1.807) is 48.5 Å². The summed E-state index contributed by atoms with van der Waals surface area (Å²) in [6.45, 7) is -1.34. The van der Waals surface area contributed by atoms with Crippen LogP contribution in [0.25, 0.3) is 0 Å². The highest BCUT2D eigenvalue weighted by molar-refractivity contribution is 6.30. The average Bonchev–Trinajstić information content (AvgIpc) is 2.66. The predicted molar refractivity (Wildman–Crippen MR) is 101 cm³/mol. The Morgan fingerprint density at radius 1 is 1.17 bits per heavy atom. The third kappa shape index (κ3) is 4.92. The lowest BCUT2D eigenvalue weighted by Gasteiger charge is -2.38.